The largest absolute Gasteiger partial charge is 0.389 e. The number of carbonyl (C=O) groups excluding carboxylic acids is 5. The molecule has 3 atom stereocenters. The van der Waals surface area contributed by atoms with Crippen LogP contribution < -0.4 is 21.3 Å². The normalized spacial score (nSPS) is 31.1. The zero-order chi connectivity index (χ0) is 25.9. The summed E-state index contributed by atoms with van der Waals surface area (Å²) in [4.78, 5) is 63.1. The van der Waals surface area contributed by atoms with Gasteiger partial charge in [0, 0.05) is 18.0 Å². The summed E-state index contributed by atoms with van der Waals surface area (Å²) in [5.74, 6) is -3.46. The molecular formula is C25H37FN4O6. The van der Waals surface area contributed by atoms with Crippen LogP contribution in [0, 0.1) is 11.8 Å². The third-order valence-electron chi connectivity index (χ3n) is 8.41. The van der Waals surface area contributed by atoms with Crippen molar-refractivity contribution in [3.63, 3.8) is 0 Å². The molecule has 4 saturated carbocycles. The number of aliphatic hydroxyl groups excluding tert-OH is 1. The molecule has 4 aliphatic carbocycles. The molecule has 5 N–H and O–H groups in total. The van der Waals surface area contributed by atoms with E-state index in [0.29, 0.717) is 57.9 Å². The molecule has 1 saturated heterocycles. The quantitative estimate of drug-likeness (QED) is 0.265. The molecule has 11 heteroatoms. The van der Waals surface area contributed by atoms with Crippen LogP contribution in [-0.4, -0.2) is 71.0 Å². The number of piperidine rings is 1. The molecule has 1 heterocycles. The average Bonchev–Trinajstić information content (AvgIpc) is 3.69. The van der Waals surface area contributed by atoms with Crippen molar-refractivity contribution >= 4 is 29.4 Å². The number of alkyl halides is 1. The lowest BCUT2D eigenvalue weighted by Crippen LogP contribution is -2.61. The molecule has 0 spiro atoms. The third-order valence-corrected chi connectivity index (χ3v) is 8.41. The van der Waals surface area contributed by atoms with Gasteiger partial charge in [-0.05, 0) is 70.1 Å². The van der Waals surface area contributed by atoms with Crippen LogP contribution >= 0.6 is 0 Å². The van der Waals surface area contributed by atoms with E-state index in [1.165, 1.54) is 0 Å². The zero-order valence-corrected chi connectivity index (χ0v) is 20.6. The number of ketones is 1. The zero-order valence-electron chi connectivity index (χ0n) is 20.6. The summed E-state index contributed by atoms with van der Waals surface area (Å²) in [5, 5.41) is 20.1. The number of Topliss-reactive ketones (excluding diaryl/α,β-unsaturated/α-hetero) is 1. The minimum absolute atomic E-state index is 0.0557. The molecule has 1 aliphatic heterocycles. The van der Waals surface area contributed by atoms with E-state index in [2.05, 4.69) is 21.3 Å². The molecule has 10 nitrogen and oxygen atoms in total. The predicted molar refractivity (Wildman–Crippen MR) is 126 cm³/mol. The molecule has 0 radical (unpaired) electrons. The van der Waals surface area contributed by atoms with Gasteiger partial charge in [-0.15, -0.1) is 0 Å². The van der Waals surface area contributed by atoms with Crippen LogP contribution in [0.25, 0.3) is 0 Å². The fraction of sp³-hybridized carbons (Fsp3) is 0.800. The van der Waals surface area contributed by atoms with Crippen molar-refractivity contribution in [2.24, 2.45) is 11.8 Å². The number of hydrogen-bond acceptors (Lipinski definition) is 6. The van der Waals surface area contributed by atoms with Crippen LogP contribution in [-0.2, 0) is 24.0 Å². The van der Waals surface area contributed by atoms with E-state index in [1.54, 1.807) is 0 Å². The van der Waals surface area contributed by atoms with Crippen molar-refractivity contribution in [1.82, 2.24) is 21.3 Å². The summed E-state index contributed by atoms with van der Waals surface area (Å²) in [6, 6.07) is -2.10. The summed E-state index contributed by atoms with van der Waals surface area (Å²) < 4.78 is 14.5. The Kier molecular flexibility index (Phi) is 7.96. The summed E-state index contributed by atoms with van der Waals surface area (Å²) >= 11 is 0. The Labute approximate surface area is 209 Å². The van der Waals surface area contributed by atoms with Crippen LogP contribution in [0.2, 0.25) is 0 Å². The summed E-state index contributed by atoms with van der Waals surface area (Å²) in [6.07, 6.45) is 6.05. The smallest absolute Gasteiger partial charge is 0.309 e. The fourth-order valence-electron chi connectivity index (χ4n) is 5.77. The summed E-state index contributed by atoms with van der Waals surface area (Å²) in [6.45, 7) is -0.225. The lowest BCUT2D eigenvalue weighted by atomic mass is 9.64. The Morgan fingerprint density at radius 3 is 2.19 bits per heavy atom. The molecule has 5 aliphatic rings. The Morgan fingerprint density at radius 1 is 0.944 bits per heavy atom. The van der Waals surface area contributed by atoms with Crippen molar-refractivity contribution in [1.29, 1.82) is 0 Å². The number of aliphatic hydroxyl groups is 1. The SMILES string of the molecule is O=C(N[C@@H](CC1CC1)C(=O)N[C@@H](C[C@@H]1CCCNC1=O)C(=O)CO)C(=O)NC12CCC(F)(CC1)CC2. The number of hydrogen-bond donors (Lipinski definition) is 5. The van der Waals surface area contributed by atoms with Gasteiger partial charge in [0.15, 0.2) is 5.78 Å². The van der Waals surface area contributed by atoms with E-state index < -0.39 is 59.3 Å². The third kappa shape index (κ3) is 6.41. The Hall–Kier alpha value is -2.56. The molecular weight excluding hydrogens is 471 g/mol. The van der Waals surface area contributed by atoms with Gasteiger partial charge in [0.2, 0.25) is 11.8 Å². The number of nitrogens with one attached hydrogen (secondary N) is 4. The molecule has 36 heavy (non-hydrogen) atoms. The monoisotopic (exact) mass is 508 g/mol. The van der Waals surface area contributed by atoms with Crippen molar-refractivity contribution in [3.8, 4) is 0 Å². The summed E-state index contributed by atoms with van der Waals surface area (Å²) in [7, 11) is 0. The first-order valence-corrected chi connectivity index (χ1v) is 13.2. The highest BCUT2D eigenvalue weighted by molar-refractivity contribution is 6.35. The number of carbonyl (C=O) groups is 5. The fourth-order valence-corrected chi connectivity index (χ4v) is 5.77. The minimum Gasteiger partial charge on any atom is -0.389 e. The maximum absolute atomic E-state index is 14.5. The van der Waals surface area contributed by atoms with Gasteiger partial charge in [-0.2, -0.15) is 0 Å². The molecule has 0 aromatic carbocycles. The van der Waals surface area contributed by atoms with Crippen molar-refractivity contribution in [3.05, 3.63) is 0 Å². The van der Waals surface area contributed by atoms with E-state index in [0.717, 1.165) is 19.3 Å². The molecule has 0 aromatic rings. The first kappa shape index (κ1) is 26.5. The Balaban J connectivity index is 1.37. The molecule has 2 bridgehead atoms. The van der Waals surface area contributed by atoms with Gasteiger partial charge >= 0.3 is 11.8 Å². The van der Waals surface area contributed by atoms with E-state index in [1.807, 2.05) is 0 Å². The second kappa shape index (κ2) is 10.8. The maximum Gasteiger partial charge on any atom is 0.309 e. The van der Waals surface area contributed by atoms with Crippen LogP contribution in [0.1, 0.15) is 77.0 Å². The second-order valence-corrected chi connectivity index (χ2v) is 11.1. The average molecular weight is 509 g/mol. The van der Waals surface area contributed by atoms with Crippen molar-refractivity contribution in [2.45, 2.75) is 100 Å². The standard InChI is InChI=1S/C25H37FN4O6/c26-24-5-8-25(9-6-24,10-7-24)30-23(36)22(35)29-18(12-15-3-4-15)21(34)28-17(19(32)14-31)13-16-2-1-11-27-20(16)33/h15-18,31H,1-14H2,(H,27,33)(H,28,34)(H,29,35)(H,30,36)/t16-,17-,18-,24?,25?/m0/s1. The predicted octanol–water partition coefficient (Wildman–Crippen LogP) is 0.165. The Morgan fingerprint density at radius 2 is 1.61 bits per heavy atom. The van der Waals surface area contributed by atoms with E-state index in [4.69, 9.17) is 0 Å². The van der Waals surface area contributed by atoms with Gasteiger partial charge in [-0.1, -0.05) is 12.8 Å². The Bertz CT molecular complexity index is 882. The van der Waals surface area contributed by atoms with Crippen LogP contribution in [0.15, 0.2) is 0 Å². The summed E-state index contributed by atoms with van der Waals surface area (Å²) in [5.41, 5.74) is -1.75. The number of amides is 4. The molecule has 0 unspecified atom stereocenters. The van der Waals surface area contributed by atoms with E-state index in [-0.39, 0.29) is 18.2 Å². The van der Waals surface area contributed by atoms with Crippen LogP contribution in [0.4, 0.5) is 4.39 Å². The highest BCUT2D eigenvalue weighted by atomic mass is 19.1. The molecule has 4 amide bonds. The highest BCUT2D eigenvalue weighted by Crippen LogP contribution is 2.48. The second-order valence-electron chi connectivity index (χ2n) is 11.1. The van der Waals surface area contributed by atoms with Crippen molar-refractivity contribution < 1.29 is 33.5 Å². The topological polar surface area (TPSA) is 154 Å². The van der Waals surface area contributed by atoms with Gasteiger partial charge in [0.1, 0.15) is 18.3 Å². The number of fused-ring (bicyclic) bond motifs is 3. The maximum atomic E-state index is 14.5. The van der Waals surface area contributed by atoms with Gasteiger partial charge in [-0.25, -0.2) is 4.39 Å². The highest BCUT2D eigenvalue weighted by Gasteiger charge is 2.50. The molecule has 5 rings (SSSR count). The molecule has 200 valence electrons. The first-order chi connectivity index (χ1) is 17.1. The van der Waals surface area contributed by atoms with E-state index in [9.17, 15) is 33.5 Å². The van der Waals surface area contributed by atoms with Gasteiger partial charge in [0.05, 0.1) is 6.04 Å². The lowest BCUT2D eigenvalue weighted by Gasteiger charge is -2.49. The first-order valence-electron chi connectivity index (χ1n) is 13.2. The van der Waals surface area contributed by atoms with Gasteiger partial charge in [0.25, 0.3) is 0 Å². The van der Waals surface area contributed by atoms with Crippen LogP contribution in [0.3, 0.4) is 0 Å². The van der Waals surface area contributed by atoms with Gasteiger partial charge in [-0.3, -0.25) is 24.0 Å². The van der Waals surface area contributed by atoms with Crippen LogP contribution in [0.5, 0.6) is 0 Å². The molecule has 0 aromatic heterocycles. The molecule has 5 fully saturated rings. The van der Waals surface area contributed by atoms with Gasteiger partial charge < -0.3 is 26.4 Å². The lowest BCUT2D eigenvalue weighted by molar-refractivity contribution is -0.143. The van der Waals surface area contributed by atoms with Crippen molar-refractivity contribution in [2.75, 3.05) is 13.2 Å². The number of rotatable bonds is 10. The minimum atomic E-state index is -1.16. The number of halogens is 1. The van der Waals surface area contributed by atoms with E-state index >= 15 is 0 Å².